The van der Waals surface area contributed by atoms with Gasteiger partial charge in [-0.3, -0.25) is 4.90 Å². The molecule has 1 fully saturated rings. The van der Waals surface area contributed by atoms with Crippen molar-refractivity contribution in [3.63, 3.8) is 0 Å². The van der Waals surface area contributed by atoms with E-state index in [1.165, 1.54) is 50.6 Å². The Hall–Kier alpha value is -1.08. The minimum atomic E-state index is 0.240. The molecular weight excluding hydrogens is 230 g/mol. The molecule has 2 rings (SSSR count). The first kappa shape index (κ1) is 14.3. The number of likely N-dealkylation sites (tertiary alicyclic amines) is 1. The molecule has 1 saturated heterocycles. The van der Waals surface area contributed by atoms with Gasteiger partial charge in [0, 0.05) is 12.1 Å². The molecule has 0 radical (unpaired) electrons. The van der Waals surface area contributed by atoms with Crippen LogP contribution in [0.15, 0.2) is 43.0 Å². The number of benzene rings is 1. The van der Waals surface area contributed by atoms with Crippen LogP contribution in [0.2, 0.25) is 0 Å². The van der Waals surface area contributed by atoms with E-state index in [0.717, 1.165) is 6.54 Å². The highest BCUT2D eigenvalue weighted by Crippen LogP contribution is 2.35. The quantitative estimate of drug-likeness (QED) is 0.662. The van der Waals surface area contributed by atoms with E-state index in [1.54, 1.807) is 0 Å². The molecule has 0 bridgehead atoms. The van der Waals surface area contributed by atoms with Gasteiger partial charge in [0.05, 0.1) is 0 Å². The van der Waals surface area contributed by atoms with E-state index < -0.39 is 0 Å². The largest absolute Gasteiger partial charge is 0.290 e. The van der Waals surface area contributed by atoms with E-state index in [-0.39, 0.29) is 5.54 Å². The SMILES string of the molecule is C=CC1(CCCC)CCCCN1Cc1ccccc1. The van der Waals surface area contributed by atoms with Crippen LogP contribution in [0, 0.1) is 0 Å². The second-order valence-corrected chi connectivity index (χ2v) is 5.78. The van der Waals surface area contributed by atoms with Crippen molar-refractivity contribution in [2.75, 3.05) is 6.54 Å². The molecular formula is C18H27N. The second-order valence-electron chi connectivity index (χ2n) is 5.78. The molecule has 1 atom stereocenters. The normalized spacial score (nSPS) is 24.3. The molecule has 0 spiro atoms. The highest BCUT2D eigenvalue weighted by Gasteiger charge is 2.35. The molecule has 1 heteroatoms. The van der Waals surface area contributed by atoms with Gasteiger partial charge < -0.3 is 0 Å². The summed E-state index contributed by atoms with van der Waals surface area (Å²) in [7, 11) is 0. The molecule has 0 saturated carbocycles. The summed E-state index contributed by atoms with van der Waals surface area (Å²) >= 11 is 0. The Morgan fingerprint density at radius 3 is 2.74 bits per heavy atom. The van der Waals surface area contributed by atoms with E-state index in [9.17, 15) is 0 Å². The topological polar surface area (TPSA) is 3.24 Å². The van der Waals surface area contributed by atoms with Gasteiger partial charge in [0.25, 0.3) is 0 Å². The van der Waals surface area contributed by atoms with Gasteiger partial charge in [-0.25, -0.2) is 0 Å². The Balaban J connectivity index is 2.12. The van der Waals surface area contributed by atoms with Crippen LogP contribution in [0.4, 0.5) is 0 Å². The lowest BCUT2D eigenvalue weighted by Crippen LogP contribution is -2.49. The Labute approximate surface area is 118 Å². The fourth-order valence-electron chi connectivity index (χ4n) is 3.25. The second kappa shape index (κ2) is 6.91. The molecule has 1 aromatic rings. The third kappa shape index (κ3) is 3.48. The van der Waals surface area contributed by atoms with Crippen LogP contribution >= 0.6 is 0 Å². The van der Waals surface area contributed by atoms with Crippen LogP contribution in [0.1, 0.15) is 51.0 Å². The summed E-state index contributed by atoms with van der Waals surface area (Å²) in [6.45, 7) is 8.72. The average Bonchev–Trinajstić information content (AvgIpc) is 2.48. The van der Waals surface area contributed by atoms with Gasteiger partial charge in [-0.15, -0.1) is 6.58 Å². The van der Waals surface area contributed by atoms with E-state index in [1.807, 2.05) is 0 Å². The summed E-state index contributed by atoms with van der Waals surface area (Å²) in [5, 5.41) is 0. The van der Waals surface area contributed by atoms with Gasteiger partial charge in [-0.2, -0.15) is 0 Å². The molecule has 1 heterocycles. The number of unbranched alkanes of at least 4 members (excludes halogenated alkanes) is 1. The Morgan fingerprint density at radius 2 is 2.05 bits per heavy atom. The van der Waals surface area contributed by atoms with Crippen molar-refractivity contribution in [3.8, 4) is 0 Å². The maximum atomic E-state index is 4.16. The van der Waals surface area contributed by atoms with Crippen LogP contribution in [0.3, 0.4) is 0 Å². The molecule has 0 N–H and O–H groups in total. The van der Waals surface area contributed by atoms with Crippen LogP contribution in [-0.4, -0.2) is 17.0 Å². The van der Waals surface area contributed by atoms with Gasteiger partial charge in [-0.1, -0.05) is 62.6 Å². The molecule has 1 aliphatic heterocycles. The summed E-state index contributed by atoms with van der Waals surface area (Å²) in [6, 6.07) is 10.9. The number of hydrogen-bond acceptors (Lipinski definition) is 1. The van der Waals surface area contributed by atoms with Crippen molar-refractivity contribution in [2.45, 2.75) is 57.5 Å². The van der Waals surface area contributed by atoms with Crippen LogP contribution in [-0.2, 0) is 6.54 Å². The molecule has 0 aliphatic carbocycles. The maximum Gasteiger partial charge on any atom is 0.0392 e. The van der Waals surface area contributed by atoms with Gasteiger partial charge >= 0.3 is 0 Å². The Kier molecular flexibility index (Phi) is 5.21. The first-order chi connectivity index (χ1) is 9.30. The lowest BCUT2D eigenvalue weighted by molar-refractivity contribution is 0.0686. The third-order valence-corrected chi connectivity index (χ3v) is 4.48. The third-order valence-electron chi connectivity index (χ3n) is 4.48. The zero-order valence-corrected chi connectivity index (χ0v) is 12.3. The van der Waals surface area contributed by atoms with Crippen LogP contribution in [0.25, 0.3) is 0 Å². The summed E-state index contributed by atoms with van der Waals surface area (Å²) in [4.78, 5) is 2.66. The molecule has 19 heavy (non-hydrogen) atoms. The lowest BCUT2D eigenvalue weighted by atomic mass is 9.82. The van der Waals surface area contributed by atoms with Gasteiger partial charge in [0.1, 0.15) is 0 Å². The summed E-state index contributed by atoms with van der Waals surface area (Å²) < 4.78 is 0. The van der Waals surface area contributed by atoms with Crippen LogP contribution < -0.4 is 0 Å². The fraction of sp³-hybridized carbons (Fsp3) is 0.556. The number of piperidine rings is 1. The van der Waals surface area contributed by atoms with Gasteiger partial charge in [0.2, 0.25) is 0 Å². The minimum Gasteiger partial charge on any atom is -0.290 e. The van der Waals surface area contributed by atoms with Gasteiger partial charge in [-0.05, 0) is 31.4 Å². The highest BCUT2D eigenvalue weighted by atomic mass is 15.2. The lowest BCUT2D eigenvalue weighted by Gasteiger charge is -2.46. The van der Waals surface area contributed by atoms with Crippen molar-refractivity contribution in [1.29, 1.82) is 0 Å². The van der Waals surface area contributed by atoms with Crippen molar-refractivity contribution < 1.29 is 0 Å². The Bertz CT molecular complexity index is 384. The highest BCUT2D eigenvalue weighted by molar-refractivity contribution is 5.16. The smallest absolute Gasteiger partial charge is 0.0392 e. The number of nitrogens with zero attached hydrogens (tertiary/aromatic N) is 1. The predicted molar refractivity (Wildman–Crippen MR) is 83.2 cm³/mol. The summed E-state index contributed by atoms with van der Waals surface area (Å²) in [5.41, 5.74) is 1.66. The van der Waals surface area contributed by atoms with Crippen molar-refractivity contribution in [3.05, 3.63) is 48.6 Å². The number of hydrogen-bond donors (Lipinski definition) is 0. The zero-order chi connectivity index (χ0) is 13.6. The Morgan fingerprint density at radius 1 is 1.26 bits per heavy atom. The maximum absolute atomic E-state index is 4.16. The molecule has 0 amide bonds. The predicted octanol–water partition coefficient (Wildman–Crippen LogP) is 4.79. The zero-order valence-electron chi connectivity index (χ0n) is 12.3. The monoisotopic (exact) mass is 257 g/mol. The summed E-state index contributed by atoms with van der Waals surface area (Å²) in [6.07, 6.45) is 10.0. The first-order valence-electron chi connectivity index (χ1n) is 7.73. The molecule has 104 valence electrons. The first-order valence-corrected chi connectivity index (χ1v) is 7.73. The average molecular weight is 257 g/mol. The molecule has 1 aromatic carbocycles. The van der Waals surface area contributed by atoms with Gasteiger partial charge in [0.15, 0.2) is 0 Å². The van der Waals surface area contributed by atoms with E-state index in [4.69, 9.17) is 0 Å². The van der Waals surface area contributed by atoms with E-state index >= 15 is 0 Å². The number of rotatable bonds is 6. The van der Waals surface area contributed by atoms with Crippen molar-refractivity contribution in [1.82, 2.24) is 4.90 Å². The van der Waals surface area contributed by atoms with E-state index in [0.29, 0.717) is 0 Å². The fourth-order valence-corrected chi connectivity index (χ4v) is 3.25. The minimum absolute atomic E-state index is 0.240. The molecule has 1 nitrogen and oxygen atoms in total. The molecule has 1 aliphatic rings. The molecule has 0 aromatic heterocycles. The summed E-state index contributed by atoms with van der Waals surface area (Å²) in [5.74, 6) is 0. The van der Waals surface area contributed by atoms with E-state index in [2.05, 4.69) is 54.8 Å². The standard InChI is InChI=1S/C18H27N/c1-3-5-13-18(4-2)14-9-10-15-19(18)16-17-11-7-6-8-12-17/h4,6-8,11-12H,2-3,5,9-10,13-16H2,1H3. The van der Waals surface area contributed by atoms with Crippen LogP contribution in [0.5, 0.6) is 0 Å². The van der Waals surface area contributed by atoms with Crippen molar-refractivity contribution >= 4 is 0 Å². The van der Waals surface area contributed by atoms with Crippen molar-refractivity contribution in [2.24, 2.45) is 0 Å². The molecule has 1 unspecified atom stereocenters.